The number of aromatic nitrogens is 3. The van der Waals surface area contributed by atoms with Crippen molar-refractivity contribution in [3.63, 3.8) is 0 Å². The van der Waals surface area contributed by atoms with Crippen molar-refractivity contribution in [2.24, 2.45) is 0 Å². The fourth-order valence-electron chi connectivity index (χ4n) is 2.94. The molecule has 1 unspecified atom stereocenters. The highest BCUT2D eigenvalue weighted by Crippen LogP contribution is 2.30. The molecule has 0 fully saturated rings. The minimum Gasteiger partial charge on any atom is -0.469 e. The van der Waals surface area contributed by atoms with Gasteiger partial charge in [-0.15, -0.1) is 5.10 Å². The molecule has 0 spiro atoms. The van der Waals surface area contributed by atoms with Crippen LogP contribution in [-0.4, -0.2) is 20.9 Å². The number of rotatable bonds is 3. The Morgan fingerprint density at radius 2 is 2.13 bits per heavy atom. The zero-order chi connectivity index (χ0) is 15.6. The van der Waals surface area contributed by atoms with Crippen molar-refractivity contribution in [2.75, 3.05) is 0 Å². The van der Waals surface area contributed by atoms with Gasteiger partial charge in [-0.3, -0.25) is 4.79 Å². The lowest BCUT2D eigenvalue weighted by atomic mass is 9.93. The highest BCUT2D eigenvalue weighted by Gasteiger charge is 2.25. The van der Waals surface area contributed by atoms with Crippen LogP contribution in [0.2, 0.25) is 0 Å². The molecule has 0 radical (unpaired) electrons. The second-order valence-corrected chi connectivity index (χ2v) is 5.60. The lowest BCUT2D eigenvalue weighted by Gasteiger charge is -2.22. The SMILES string of the molecule is O=C(NC1CCCc2occc21)c1cn(-c2ccccc2)nn1. The third-order valence-corrected chi connectivity index (χ3v) is 4.10. The molecule has 1 aliphatic rings. The first-order valence-electron chi connectivity index (χ1n) is 7.66. The molecule has 1 atom stereocenters. The van der Waals surface area contributed by atoms with Crippen LogP contribution in [0.1, 0.15) is 40.7 Å². The minimum absolute atomic E-state index is 0.0214. The molecule has 116 valence electrons. The smallest absolute Gasteiger partial charge is 0.273 e. The lowest BCUT2D eigenvalue weighted by Crippen LogP contribution is -2.30. The van der Waals surface area contributed by atoms with Crippen LogP contribution >= 0.6 is 0 Å². The molecule has 1 aliphatic carbocycles. The summed E-state index contributed by atoms with van der Waals surface area (Å²) in [5.74, 6) is 0.751. The predicted octanol–water partition coefficient (Wildman–Crippen LogP) is 2.67. The predicted molar refractivity (Wildman–Crippen MR) is 83.2 cm³/mol. The van der Waals surface area contributed by atoms with E-state index >= 15 is 0 Å². The summed E-state index contributed by atoms with van der Waals surface area (Å²) in [5.41, 5.74) is 2.25. The summed E-state index contributed by atoms with van der Waals surface area (Å²) in [6.07, 6.45) is 6.16. The van der Waals surface area contributed by atoms with Gasteiger partial charge < -0.3 is 9.73 Å². The first kappa shape index (κ1) is 13.8. The maximum atomic E-state index is 12.4. The quantitative estimate of drug-likeness (QED) is 0.807. The van der Waals surface area contributed by atoms with Gasteiger partial charge in [0.05, 0.1) is 24.2 Å². The molecule has 3 aromatic rings. The van der Waals surface area contributed by atoms with Gasteiger partial charge in [0.25, 0.3) is 5.91 Å². The Morgan fingerprint density at radius 3 is 3.00 bits per heavy atom. The van der Waals surface area contributed by atoms with Crippen molar-refractivity contribution >= 4 is 5.91 Å². The van der Waals surface area contributed by atoms with Gasteiger partial charge in [0, 0.05) is 12.0 Å². The number of aryl methyl sites for hydroxylation is 1. The average Bonchev–Trinajstić information content (AvgIpc) is 3.25. The van der Waals surface area contributed by atoms with E-state index in [-0.39, 0.29) is 11.9 Å². The molecule has 0 saturated carbocycles. The monoisotopic (exact) mass is 308 g/mol. The number of hydrogen-bond donors (Lipinski definition) is 1. The number of benzene rings is 1. The van der Waals surface area contributed by atoms with Crippen LogP contribution in [0.15, 0.2) is 53.3 Å². The van der Waals surface area contributed by atoms with Crippen LogP contribution < -0.4 is 5.32 Å². The van der Waals surface area contributed by atoms with E-state index in [2.05, 4.69) is 15.6 Å². The molecule has 23 heavy (non-hydrogen) atoms. The molecule has 6 heteroatoms. The molecular formula is C17H16N4O2. The summed E-state index contributed by atoms with van der Waals surface area (Å²) in [4.78, 5) is 12.4. The molecule has 4 rings (SSSR count). The second kappa shape index (κ2) is 5.72. The summed E-state index contributed by atoms with van der Waals surface area (Å²) in [6.45, 7) is 0. The molecule has 1 aromatic carbocycles. The maximum Gasteiger partial charge on any atom is 0.273 e. The first-order chi connectivity index (χ1) is 11.3. The summed E-state index contributed by atoms with van der Waals surface area (Å²) >= 11 is 0. The van der Waals surface area contributed by atoms with E-state index in [9.17, 15) is 4.79 Å². The topological polar surface area (TPSA) is 73.0 Å². The first-order valence-corrected chi connectivity index (χ1v) is 7.66. The number of carbonyl (C=O) groups is 1. The third kappa shape index (κ3) is 2.63. The van der Waals surface area contributed by atoms with Crippen LogP contribution in [0.25, 0.3) is 5.69 Å². The molecule has 0 saturated heterocycles. The molecule has 0 aliphatic heterocycles. The normalized spacial score (nSPS) is 16.8. The number of nitrogens with zero attached hydrogens (tertiary/aromatic N) is 3. The van der Waals surface area contributed by atoms with Crippen molar-refractivity contribution in [2.45, 2.75) is 25.3 Å². The van der Waals surface area contributed by atoms with Crippen LogP contribution in [-0.2, 0) is 6.42 Å². The third-order valence-electron chi connectivity index (χ3n) is 4.10. The van der Waals surface area contributed by atoms with E-state index in [1.807, 2.05) is 36.4 Å². The van der Waals surface area contributed by atoms with Crippen molar-refractivity contribution < 1.29 is 9.21 Å². The fraction of sp³-hybridized carbons (Fsp3) is 0.235. The number of hydrogen-bond acceptors (Lipinski definition) is 4. The number of fused-ring (bicyclic) bond motifs is 1. The van der Waals surface area contributed by atoms with E-state index in [1.54, 1.807) is 17.1 Å². The van der Waals surface area contributed by atoms with Crippen LogP contribution in [0.4, 0.5) is 0 Å². The van der Waals surface area contributed by atoms with Gasteiger partial charge in [-0.25, -0.2) is 4.68 Å². The number of furan rings is 1. The summed E-state index contributed by atoms with van der Waals surface area (Å²) < 4.78 is 7.05. The number of para-hydroxylation sites is 1. The fourth-order valence-corrected chi connectivity index (χ4v) is 2.94. The average molecular weight is 308 g/mol. The summed E-state index contributed by atoms with van der Waals surface area (Å²) in [7, 11) is 0. The maximum absolute atomic E-state index is 12.4. The van der Waals surface area contributed by atoms with E-state index < -0.39 is 0 Å². The Morgan fingerprint density at radius 1 is 1.26 bits per heavy atom. The molecule has 6 nitrogen and oxygen atoms in total. The number of amides is 1. The Hall–Kier alpha value is -2.89. The molecule has 1 amide bonds. The molecule has 2 aromatic heterocycles. The highest BCUT2D eigenvalue weighted by molar-refractivity contribution is 5.92. The van der Waals surface area contributed by atoms with Crippen molar-refractivity contribution in [3.8, 4) is 5.69 Å². The van der Waals surface area contributed by atoms with Gasteiger partial charge in [-0.05, 0) is 31.0 Å². The Balaban J connectivity index is 1.52. The van der Waals surface area contributed by atoms with Crippen LogP contribution in [0.3, 0.4) is 0 Å². The lowest BCUT2D eigenvalue weighted by molar-refractivity contribution is 0.0927. The zero-order valence-electron chi connectivity index (χ0n) is 12.5. The summed E-state index contributed by atoms with van der Waals surface area (Å²) in [6, 6.07) is 11.5. The Bertz CT molecular complexity index is 822. The van der Waals surface area contributed by atoms with Crippen LogP contribution in [0, 0.1) is 0 Å². The van der Waals surface area contributed by atoms with Gasteiger partial charge in [0.15, 0.2) is 5.69 Å². The number of nitrogens with one attached hydrogen (secondary N) is 1. The minimum atomic E-state index is -0.216. The van der Waals surface area contributed by atoms with Gasteiger partial charge >= 0.3 is 0 Å². The zero-order valence-corrected chi connectivity index (χ0v) is 12.5. The second-order valence-electron chi connectivity index (χ2n) is 5.60. The van der Waals surface area contributed by atoms with E-state index in [1.165, 1.54) is 0 Å². The van der Waals surface area contributed by atoms with E-state index in [0.717, 1.165) is 36.3 Å². The van der Waals surface area contributed by atoms with E-state index in [4.69, 9.17) is 4.42 Å². The Kier molecular flexibility index (Phi) is 3.42. The van der Waals surface area contributed by atoms with Gasteiger partial charge in [-0.1, -0.05) is 23.4 Å². The van der Waals surface area contributed by atoms with Gasteiger partial charge in [0.2, 0.25) is 0 Å². The van der Waals surface area contributed by atoms with Crippen LogP contribution in [0.5, 0.6) is 0 Å². The van der Waals surface area contributed by atoms with Crippen molar-refractivity contribution in [1.29, 1.82) is 0 Å². The van der Waals surface area contributed by atoms with Gasteiger partial charge in [0.1, 0.15) is 5.76 Å². The Labute approximate surface area is 133 Å². The molecule has 1 N–H and O–H groups in total. The summed E-state index contributed by atoms with van der Waals surface area (Å²) in [5, 5.41) is 11.0. The number of carbonyl (C=O) groups excluding carboxylic acids is 1. The highest BCUT2D eigenvalue weighted by atomic mass is 16.3. The molecule has 0 bridgehead atoms. The van der Waals surface area contributed by atoms with Crippen molar-refractivity contribution in [3.05, 3.63) is 65.9 Å². The van der Waals surface area contributed by atoms with Crippen molar-refractivity contribution in [1.82, 2.24) is 20.3 Å². The standard InChI is InChI=1S/C17H16N4O2/c22-17(18-14-7-4-8-16-13(14)9-10-23-16)15-11-21(20-19-15)12-5-2-1-3-6-12/h1-3,5-6,9-11,14H,4,7-8H2,(H,18,22). The van der Waals surface area contributed by atoms with E-state index in [0.29, 0.717) is 5.69 Å². The largest absolute Gasteiger partial charge is 0.469 e. The van der Waals surface area contributed by atoms with Gasteiger partial charge in [-0.2, -0.15) is 0 Å². The molecule has 2 heterocycles. The molecular weight excluding hydrogens is 292 g/mol.